The third-order valence-electron chi connectivity index (χ3n) is 2.47. The minimum atomic E-state index is -0.283. The number of nitrogens with one attached hydrogen (secondary N) is 2. The number of aromatic nitrogens is 2. The molecule has 1 aromatic heterocycles. The molecule has 0 atom stereocenters. The summed E-state index contributed by atoms with van der Waals surface area (Å²) >= 11 is 5.96. The summed E-state index contributed by atoms with van der Waals surface area (Å²) in [5, 5.41) is 13.8. The highest BCUT2D eigenvalue weighted by atomic mass is 35.5. The molecule has 1 aromatic carbocycles. The molecule has 18 heavy (non-hydrogen) atoms. The normalized spacial score (nSPS) is 11.6. The van der Waals surface area contributed by atoms with Gasteiger partial charge in [0.2, 0.25) is 0 Å². The summed E-state index contributed by atoms with van der Waals surface area (Å²) in [5.41, 5.74) is 1.28. The molecule has 5 nitrogen and oxygen atoms in total. The number of nitrogens with zero attached hydrogens (tertiary/aromatic N) is 2. The summed E-state index contributed by atoms with van der Waals surface area (Å²) in [6, 6.07) is 7.08. The molecule has 94 valence electrons. The molecule has 6 heteroatoms. The van der Waals surface area contributed by atoms with Gasteiger partial charge in [0.15, 0.2) is 5.69 Å². The molecule has 0 unspecified atom stereocenters. The van der Waals surface area contributed by atoms with Crippen LogP contribution in [0.4, 0.5) is 11.4 Å². The van der Waals surface area contributed by atoms with Crippen LogP contribution in [0.25, 0.3) is 0 Å². The molecule has 0 amide bonds. The van der Waals surface area contributed by atoms with Gasteiger partial charge in [0.1, 0.15) is 5.69 Å². The lowest BCUT2D eigenvalue weighted by atomic mass is 10.1. The lowest BCUT2D eigenvalue weighted by molar-refractivity contribution is 0.808. The van der Waals surface area contributed by atoms with E-state index in [1.807, 2.05) is 26.0 Å². The van der Waals surface area contributed by atoms with E-state index in [1.54, 1.807) is 12.1 Å². The van der Waals surface area contributed by atoms with E-state index in [2.05, 4.69) is 20.4 Å². The highest BCUT2D eigenvalue weighted by Gasteiger charge is 2.12. The summed E-state index contributed by atoms with van der Waals surface area (Å²) in [7, 11) is 0. The molecule has 0 fully saturated rings. The number of H-pyrrole nitrogens is 2. The molecular formula is C12H13ClN4O. The number of halogens is 1. The summed E-state index contributed by atoms with van der Waals surface area (Å²) in [4.78, 5) is 11.6. The van der Waals surface area contributed by atoms with Crippen LogP contribution in [0.15, 0.2) is 39.3 Å². The van der Waals surface area contributed by atoms with Crippen molar-refractivity contribution in [3.8, 4) is 0 Å². The lowest BCUT2D eigenvalue weighted by Crippen LogP contribution is -1.97. The van der Waals surface area contributed by atoms with E-state index >= 15 is 0 Å². The zero-order valence-corrected chi connectivity index (χ0v) is 10.8. The van der Waals surface area contributed by atoms with E-state index in [-0.39, 0.29) is 11.5 Å². The molecule has 0 saturated heterocycles. The Morgan fingerprint density at radius 3 is 2.56 bits per heavy atom. The smallest absolute Gasteiger partial charge is 0.291 e. The van der Waals surface area contributed by atoms with Gasteiger partial charge in [-0.2, -0.15) is 0 Å². The minimum Gasteiger partial charge on any atom is -0.300 e. The second-order valence-corrected chi connectivity index (χ2v) is 4.55. The van der Waals surface area contributed by atoms with Crippen molar-refractivity contribution in [1.29, 1.82) is 0 Å². The average molecular weight is 265 g/mol. The van der Waals surface area contributed by atoms with Gasteiger partial charge in [0.05, 0.1) is 10.7 Å². The molecule has 0 radical (unpaired) electrons. The Kier molecular flexibility index (Phi) is 3.62. The first kappa shape index (κ1) is 12.6. The number of azo groups is 1. The molecule has 2 rings (SSSR count). The number of benzene rings is 1. The predicted molar refractivity (Wildman–Crippen MR) is 71.1 cm³/mol. The molecule has 1 heterocycles. The molecule has 0 aliphatic carbocycles. The van der Waals surface area contributed by atoms with E-state index in [9.17, 15) is 4.79 Å². The third kappa shape index (κ3) is 2.51. The van der Waals surface area contributed by atoms with Gasteiger partial charge in [0.25, 0.3) is 5.56 Å². The Morgan fingerprint density at radius 1 is 1.17 bits per heavy atom. The van der Waals surface area contributed by atoms with Crippen molar-refractivity contribution in [1.82, 2.24) is 10.2 Å². The van der Waals surface area contributed by atoms with E-state index < -0.39 is 0 Å². The van der Waals surface area contributed by atoms with Crippen LogP contribution in [-0.2, 0) is 0 Å². The van der Waals surface area contributed by atoms with Gasteiger partial charge >= 0.3 is 0 Å². The largest absolute Gasteiger partial charge is 0.300 e. The Hall–Kier alpha value is -1.88. The fourth-order valence-electron chi connectivity index (χ4n) is 1.52. The van der Waals surface area contributed by atoms with Crippen LogP contribution in [0.3, 0.4) is 0 Å². The fraction of sp³-hybridized carbons (Fsp3) is 0.250. The summed E-state index contributed by atoms with van der Waals surface area (Å²) < 4.78 is 0. The standard InChI is InChI=1S/C12H13ClN4O/c1-7(2)10-11(12(18)17-15-10)16-14-9-6-4-3-5-8(9)13/h3-7H,1-2H3,(H2,15,17,18). The van der Waals surface area contributed by atoms with Crippen molar-refractivity contribution in [2.45, 2.75) is 19.8 Å². The first-order valence-electron chi connectivity index (χ1n) is 5.56. The Bertz CT molecular complexity index is 627. The summed E-state index contributed by atoms with van der Waals surface area (Å²) in [6.07, 6.45) is 0. The zero-order chi connectivity index (χ0) is 13.1. The summed E-state index contributed by atoms with van der Waals surface area (Å²) in [5.74, 6) is 0.157. The lowest BCUT2D eigenvalue weighted by Gasteiger charge is -2.00. The van der Waals surface area contributed by atoms with Crippen molar-refractivity contribution >= 4 is 23.0 Å². The van der Waals surface area contributed by atoms with Crippen LogP contribution in [0, 0.1) is 0 Å². The molecule has 0 saturated carbocycles. The van der Waals surface area contributed by atoms with Crippen LogP contribution >= 0.6 is 11.6 Å². The van der Waals surface area contributed by atoms with Crippen LogP contribution in [0.2, 0.25) is 5.02 Å². The van der Waals surface area contributed by atoms with Crippen LogP contribution < -0.4 is 5.56 Å². The Morgan fingerprint density at radius 2 is 1.89 bits per heavy atom. The van der Waals surface area contributed by atoms with Gasteiger partial charge in [0, 0.05) is 0 Å². The van der Waals surface area contributed by atoms with E-state index in [1.165, 1.54) is 0 Å². The van der Waals surface area contributed by atoms with Gasteiger partial charge < -0.3 is 0 Å². The van der Waals surface area contributed by atoms with Crippen molar-refractivity contribution in [3.63, 3.8) is 0 Å². The number of rotatable bonds is 3. The molecule has 0 aliphatic rings. The SMILES string of the molecule is CC(C)c1[nH][nH]c(=O)c1N=Nc1ccccc1Cl. The van der Waals surface area contributed by atoms with Gasteiger partial charge in [-0.25, -0.2) is 0 Å². The van der Waals surface area contributed by atoms with E-state index in [4.69, 9.17) is 11.6 Å². The van der Waals surface area contributed by atoms with Gasteiger partial charge in [-0.05, 0) is 18.1 Å². The average Bonchev–Trinajstić information content (AvgIpc) is 2.70. The highest BCUT2D eigenvalue weighted by Crippen LogP contribution is 2.27. The monoisotopic (exact) mass is 264 g/mol. The van der Waals surface area contributed by atoms with Crippen molar-refractivity contribution in [2.75, 3.05) is 0 Å². The molecule has 2 aromatic rings. The van der Waals surface area contributed by atoms with Crippen molar-refractivity contribution in [2.24, 2.45) is 10.2 Å². The zero-order valence-electron chi connectivity index (χ0n) is 10.1. The molecule has 2 N–H and O–H groups in total. The van der Waals surface area contributed by atoms with Crippen LogP contribution in [0.5, 0.6) is 0 Å². The van der Waals surface area contributed by atoms with E-state index in [0.717, 1.165) is 5.69 Å². The number of hydrogen-bond acceptors (Lipinski definition) is 3. The quantitative estimate of drug-likeness (QED) is 0.811. The maximum Gasteiger partial charge on any atom is 0.291 e. The third-order valence-corrected chi connectivity index (χ3v) is 2.79. The topological polar surface area (TPSA) is 73.4 Å². The van der Waals surface area contributed by atoms with Gasteiger partial charge in [-0.1, -0.05) is 37.6 Å². The molecule has 0 bridgehead atoms. The first-order valence-corrected chi connectivity index (χ1v) is 5.94. The summed E-state index contributed by atoms with van der Waals surface area (Å²) in [6.45, 7) is 3.93. The maximum absolute atomic E-state index is 11.6. The van der Waals surface area contributed by atoms with Gasteiger partial charge in [-0.15, -0.1) is 10.2 Å². The Labute approximate surface area is 109 Å². The number of aromatic amines is 2. The minimum absolute atomic E-state index is 0.157. The fourth-order valence-corrected chi connectivity index (χ4v) is 1.69. The molecular weight excluding hydrogens is 252 g/mol. The second kappa shape index (κ2) is 5.18. The number of hydrogen-bond donors (Lipinski definition) is 2. The predicted octanol–water partition coefficient (Wildman–Crippen LogP) is 3.90. The highest BCUT2D eigenvalue weighted by molar-refractivity contribution is 6.32. The first-order chi connectivity index (χ1) is 8.59. The van der Waals surface area contributed by atoms with Crippen molar-refractivity contribution in [3.05, 3.63) is 45.3 Å². The van der Waals surface area contributed by atoms with Crippen molar-refractivity contribution < 1.29 is 0 Å². The van der Waals surface area contributed by atoms with Crippen LogP contribution in [0.1, 0.15) is 25.5 Å². The molecule has 0 aliphatic heterocycles. The van der Waals surface area contributed by atoms with Crippen LogP contribution in [-0.4, -0.2) is 10.2 Å². The van der Waals surface area contributed by atoms with Gasteiger partial charge in [-0.3, -0.25) is 15.0 Å². The Balaban J connectivity index is 2.38. The maximum atomic E-state index is 11.6. The van der Waals surface area contributed by atoms with E-state index in [0.29, 0.717) is 16.4 Å². The second-order valence-electron chi connectivity index (χ2n) is 4.15. The molecule has 0 spiro atoms.